The lowest BCUT2D eigenvalue weighted by Gasteiger charge is -2.38. The smallest absolute Gasteiger partial charge is 0.329 e. The Balaban J connectivity index is 1.91. The summed E-state index contributed by atoms with van der Waals surface area (Å²) in [6, 6.07) is 3.32. The van der Waals surface area contributed by atoms with Gasteiger partial charge in [-0.1, -0.05) is 6.07 Å². The molecule has 0 bridgehead atoms. The Bertz CT molecular complexity index is 440. The van der Waals surface area contributed by atoms with Crippen LogP contribution in [0.25, 0.3) is 0 Å². The Morgan fingerprint density at radius 2 is 2.22 bits per heavy atom. The standard InChI is InChI=1S/C12H16N2O3S/c1-8(9-4-2-7-18-9)13-11(17)14-12(10(15)16)5-3-6-12/h2,4,7-8H,3,5-6H2,1H3,(H,15,16)(H2,13,14,17). The molecule has 5 nitrogen and oxygen atoms in total. The van der Waals surface area contributed by atoms with Gasteiger partial charge in [-0.05, 0) is 37.6 Å². The van der Waals surface area contributed by atoms with E-state index in [4.69, 9.17) is 5.11 Å². The van der Waals surface area contributed by atoms with E-state index in [0.29, 0.717) is 12.8 Å². The van der Waals surface area contributed by atoms with E-state index in [1.807, 2.05) is 24.4 Å². The first-order valence-electron chi connectivity index (χ1n) is 5.89. The zero-order valence-corrected chi connectivity index (χ0v) is 10.9. The van der Waals surface area contributed by atoms with Gasteiger partial charge in [0.25, 0.3) is 0 Å². The number of hydrogen-bond acceptors (Lipinski definition) is 3. The van der Waals surface area contributed by atoms with Crippen molar-refractivity contribution in [2.45, 2.75) is 37.8 Å². The highest BCUT2D eigenvalue weighted by molar-refractivity contribution is 7.10. The predicted molar refractivity (Wildman–Crippen MR) is 68.6 cm³/mol. The van der Waals surface area contributed by atoms with E-state index in [1.165, 1.54) is 0 Å². The summed E-state index contributed by atoms with van der Waals surface area (Å²) in [7, 11) is 0. The Labute approximate surface area is 109 Å². The van der Waals surface area contributed by atoms with Gasteiger partial charge in [-0.25, -0.2) is 9.59 Å². The maximum absolute atomic E-state index is 11.8. The third-order valence-electron chi connectivity index (χ3n) is 3.29. The van der Waals surface area contributed by atoms with Crippen molar-refractivity contribution in [3.8, 4) is 0 Å². The molecule has 1 heterocycles. The molecule has 18 heavy (non-hydrogen) atoms. The average Bonchev–Trinajstić information content (AvgIpc) is 2.76. The Kier molecular flexibility index (Phi) is 3.56. The highest BCUT2D eigenvalue weighted by Crippen LogP contribution is 2.32. The van der Waals surface area contributed by atoms with Crippen molar-refractivity contribution in [2.24, 2.45) is 0 Å². The van der Waals surface area contributed by atoms with Gasteiger partial charge < -0.3 is 15.7 Å². The van der Waals surface area contributed by atoms with E-state index < -0.39 is 17.5 Å². The quantitative estimate of drug-likeness (QED) is 0.782. The first kappa shape index (κ1) is 12.9. The molecule has 2 rings (SSSR count). The van der Waals surface area contributed by atoms with Crippen LogP contribution in [0.1, 0.15) is 37.1 Å². The van der Waals surface area contributed by atoms with Crippen LogP contribution in [0.2, 0.25) is 0 Å². The summed E-state index contributed by atoms with van der Waals surface area (Å²) in [5.41, 5.74) is -1.06. The summed E-state index contributed by atoms with van der Waals surface area (Å²) in [6.07, 6.45) is 1.85. The lowest BCUT2D eigenvalue weighted by molar-refractivity contribution is -0.148. The number of urea groups is 1. The average molecular weight is 268 g/mol. The van der Waals surface area contributed by atoms with E-state index in [-0.39, 0.29) is 6.04 Å². The minimum absolute atomic E-state index is 0.115. The zero-order chi connectivity index (χ0) is 13.2. The molecule has 1 aliphatic carbocycles. The number of carbonyl (C=O) groups is 2. The number of hydrogen-bond donors (Lipinski definition) is 3. The fraction of sp³-hybridized carbons (Fsp3) is 0.500. The molecule has 0 radical (unpaired) electrons. The van der Waals surface area contributed by atoms with Gasteiger partial charge in [0, 0.05) is 4.88 Å². The molecule has 3 N–H and O–H groups in total. The number of thiophene rings is 1. The molecular formula is C12H16N2O3S. The first-order valence-corrected chi connectivity index (χ1v) is 6.77. The van der Waals surface area contributed by atoms with E-state index >= 15 is 0 Å². The molecule has 1 unspecified atom stereocenters. The Hall–Kier alpha value is -1.56. The SMILES string of the molecule is CC(NC(=O)NC1(C(=O)O)CCC1)c1cccs1. The number of rotatable bonds is 4. The minimum atomic E-state index is -1.06. The van der Waals surface area contributed by atoms with Crippen LogP contribution in [0.15, 0.2) is 17.5 Å². The number of nitrogens with one attached hydrogen (secondary N) is 2. The van der Waals surface area contributed by atoms with Crippen molar-refractivity contribution >= 4 is 23.3 Å². The molecule has 6 heteroatoms. The number of carboxylic acid groups (broad SMARTS) is 1. The molecular weight excluding hydrogens is 252 g/mol. The van der Waals surface area contributed by atoms with Crippen LogP contribution in [-0.4, -0.2) is 22.6 Å². The largest absolute Gasteiger partial charge is 0.480 e. The monoisotopic (exact) mass is 268 g/mol. The topological polar surface area (TPSA) is 78.4 Å². The van der Waals surface area contributed by atoms with Gasteiger partial charge in [0.05, 0.1) is 6.04 Å². The predicted octanol–water partition coefficient (Wildman–Crippen LogP) is 2.12. The van der Waals surface area contributed by atoms with Gasteiger partial charge in [0.1, 0.15) is 5.54 Å². The summed E-state index contributed by atoms with van der Waals surface area (Å²) >= 11 is 1.56. The van der Waals surface area contributed by atoms with Crippen LogP contribution in [-0.2, 0) is 4.79 Å². The summed E-state index contributed by atoms with van der Waals surface area (Å²) in [5.74, 6) is -0.951. The van der Waals surface area contributed by atoms with Gasteiger partial charge in [0.2, 0.25) is 0 Å². The minimum Gasteiger partial charge on any atom is -0.480 e. The summed E-state index contributed by atoms with van der Waals surface area (Å²) < 4.78 is 0. The van der Waals surface area contributed by atoms with Crippen LogP contribution < -0.4 is 10.6 Å². The molecule has 0 saturated heterocycles. The van der Waals surface area contributed by atoms with Crippen molar-refractivity contribution in [1.29, 1.82) is 0 Å². The fourth-order valence-electron chi connectivity index (χ4n) is 1.98. The second-order valence-electron chi connectivity index (χ2n) is 4.58. The van der Waals surface area contributed by atoms with E-state index in [1.54, 1.807) is 11.3 Å². The molecule has 0 aliphatic heterocycles. The van der Waals surface area contributed by atoms with E-state index in [2.05, 4.69) is 10.6 Å². The van der Waals surface area contributed by atoms with Gasteiger partial charge in [0.15, 0.2) is 0 Å². The maximum Gasteiger partial charge on any atom is 0.329 e. The van der Waals surface area contributed by atoms with Crippen molar-refractivity contribution in [2.75, 3.05) is 0 Å². The molecule has 1 aromatic heterocycles. The molecule has 2 amide bonds. The van der Waals surface area contributed by atoms with Crippen LogP contribution in [0.5, 0.6) is 0 Å². The summed E-state index contributed by atoms with van der Waals surface area (Å²) in [4.78, 5) is 23.9. The molecule has 1 aromatic rings. The Morgan fingerprint density at radius 3 is 2.67 bits per heavy atom. The van der Waals surface area contributed by atoms with Gasteiger partial charge in [-0.15, -0.1) is 11.3 Å². The van der Waals surface area contributed by atoms with Crippen molar-refractivity contribution in [3.63, 3.8) is 0 Å². The number of carbonyl (C=O) groups excluding carboxylic acids is 1. The lowest BCUT2D eigenvalue weighted by atomic mass is 9.77. The van der Waals surface area contributed by atoms with Gasteiger partial charge in [-0.3, -0.25) is 0 Å². The molecule has 98 valence electrons. The molecule has 1 aliphatic rings. The van der Waals surface area contributed by atoms with Crippen molar-refractivity contribution < 1.29 is 14.7 Å². The first-order chi connectivity index (χ1) is 8.53. The molecule has 1 saturated carbocycles. The second kappa shape index (κ2) is 4.97. The van der Waals surface area contributed by atoms with E-state index in [0.717, 1.165) is 11.3 Å². The second-order valence-corrected chi connectivity index (χ2v) is 5.56. The van der Waals surface area contributed by atoms with Crippen molar-refractivity contribution in [1.82, 2.24) is 10.6 Å². The third-order valence-corrected chi connectivity index (χ3v) is 4.34. The fourth-order valence-corrected chi connectivity index (χ4v) is 2.72. The maximum atomic E-state index is 11.8. The van der Waals surface area contributed by atoms with Crippen LogP contribution in [0.4, 0.5) is 4.79 Å². The molecule has 1 fully saturated rings. The highest BCUT2D eigenvalue weighted by Gasteiger charge is 2.45. The normalized spacial score (nSPS) is 18.5. The van der Waals surface area contributed by atoms with Gasteiger partial charge in [-0.2, -0.15) is 0 Å². The lowest BCUT2D eigenvalue weighted by Crippen LogP contribution is -2.61. The van der Waals surface area contributed by atoms with Crippen LogP contribution in [0.3, 0.4) is 0 Å². The number of aliphatic carboxylic acids is 1. The third kappa shape index (κ3) is 2.48. The number of carboxylic acids is 1. The summed E-state index contributed by atoms with van der Waals surface area (Å²) in [5, 5.41) is 16.4. The molecule has 0 aromatic carbocycles. The van der Waals surface area contributed by atoms with Gasteiger partial charge >= 0.3 is 12.0 Å². The van der Waals surface area contributed by atoms with E-state index in [9.17, 15) is 9.59 Å². The number of amides is 2. The highest BCUT2D eigenvalue weighted by atomic mass is 32.1. The zero-order valence-electron chi connectivity index (χ0n) is 10.1. The summed E-state index contributed by atoms with van der Waals surface area (Å²) in [6.45, 7) is 1.87. The Morgan fingerprint density at radius 1 is 1.50 bits per heavy atom. The molecule has 1 atom stereocenters. The van der Waals surface area contributed by atoms with Crippen LogP contribution >= 0.6 is 11.3 Å². The van der Waals surface area contributed by atoms with Crippen molar-refractivity contribution in [3.05, 3.63) is 22.4 Å². The van der Waals surface area contributed by atoms with Crippen LogP contribution in [0, 0.1) is 0 Å². The molecule has 0 spiro atoms.